The first-order valence-electron chi connectivity index (χ1n) is 9.14. The largest absolute Gasteiger partial charge is 0.423 e. The molecule has 2 atom stereocenters. The van der Waals surface area contributed by atoms with Crippen molar-refractivity contribution in [2.75, 3.05) is 11.9 Å². The second kappa shape index (κ2) is 11.2. The lowest BCUT2D eigenvalue weighted by Gasteiger charge is -2.19. The van der Waals surface area contributed by atoms with Gasteiger partial charge in [-0.1, -0.05) is 0 Å². The van der Waals surface area contributed by atoms with Crippen LogP contribution in [0.3, 0.4) is 0 Å². The number of anilines is 1. The predicted molar refractivity (Wildman–Crippen MR) is 119 cm³/mol. The number of carbonyl (C=O) groups excluding carboxylic acids is 2. The number of amides is 2. The molecule has 0 saturated heterocycles. The van der Waals surface area contributed by atoms with Gasteiger partial charge in [0.2, 0.25) is 11.8 Å². The van der Waals surface area contributed by atoms with E-state index in [0.717, 1.165) is 10.9 Å². The summed E-state index contributed by atoms with van der Waals surface area (Å²) in [6.45, 7) is 3.64. The summed E-state index contributed by atoms with van der Waals surface area (Å²) in [5.74, 6) is -0.927. The maximum atomic E-state index is 12.7. The summed E-state index contributed by atoms with van der Waals surface area (Å²) in [4.78, 5) is 40.1. The van der Waals surface area contributed by atoms with Gasteiger partial charge < -0.3 is 32.3 Å². The Kier molecular flexibility index (Phi) is 9.28. The van der Waals surface area contributed by atoms with Crippen LogP contribution in [-0.2, 0) is 9.59 Å². The molecule has 2 amide bonds. The van der Waals surface area contributed by atoms with Gasteiger partial charge in [-0.05, 0) is 44.4 Å². The van der Waals surface area contributed by atoms with Crippen molar-refractivity contribution in [2.45, 2.75) is 38.8 Å². The van der Waals surface area contributed by atoms with E-state index in [1.165, 1.54) is 13.0 Å². The Hall–Kier alpha value is -3.11. The summed E-state index contributed by atoms with van der Waals surface area (Å²) < 4.78 is 5.19. The molecule has 2 aromatic rings. The van der Waals surface area contributed by atoms with Gasteiger partial charge >= 0.3 is 5.63 Å². The number of nitrogens with two attached hydrogens (primary N) is 3. The minimum atomic E-state index is -0.831. The SMILES string of the molecule is Cc1cc(=O)oc2cc(NC(=O)[C@@H](CCCN=C(N)N)NC(=O)[C@@H](C)N)ccc12.Cl. The van der Waals surface area contributed by atoms with Crippen LogP contribution in [0.2, 0.25) is 0 Å². The van der Waals surface area contributed by atoms with Gasteiger partial charge in [-0.15, -0.1) is 12.4 Å². The highest BCUT2D eigenvalue weighted by Gasteiger charge is 2.22. The molecule has 0 radical (unpaired) electrons. The zero-order chi connectivity index (χ0) is 21.6. The molecule has 0 aliphatic rings. The van der Waals surface area contributed by atoms with E-state index in [0.29, 0.717) is 30.7 Å². The number of aryl methyl sites for hydroxylation is 1. The first kappa shape index (κ1) is 24.9. The number of aliphatic imine (C=N–C) groups is 1. The number of nitrogens with zero attached hydrogens (tertiary/aromatic N) is 1. The van der Waals surface area contributed by atoms with Gasteiger partial charge in [0, 0.05) is 29.8 Å². The van der Waals surface area contributed by atoms with Crippen molar-refractivity contribution in [1.29, 1.82) is 0 Å². The van der Waals surface area contributed by atoms with E-state index in [2.05, 4.69) is 15.6 Å². The Morgan fingerprint density at radius 2 is 1.90 bits per heavy atom. The summed E-state index contributed by atoms with van der Waals surface area (Å²) in [5.41, 5.74) is 17.3. The summed E-state index contributed by atoms with van der Waals surface area (Å²) in [6, 6.07) is 4.81. The zero-order valence-corrected chi connectivity index (χ0v) is 17.6. The van der Waals surface area contributed by atoms with Crippen molar-refractivity contribution >= 4 is 46.8 Å². The second-order valence-corrected chi connectivity index (χ2v) is 6.75. The van der Waals surface area contributed by atoms with Gasteiger partial charge in [-0.3, -0.25) is 14.6 Å². The quantitative estimate of drug-likeness (QED) is 0.170. The highest BCUT2D eigenvalue weighted by Crippen LogP contribution is 2.21. The fourth-order valence-electron chi connectivity index (χ4n) is 2.71. The van der Waals surface area contributed by atoms with Crippen LogP contribution in [0, 0.1) is 6.92 Å². The molecular formula is C19H27ClN6O4. The summed E-state index contributed by atoms with van der Waals surface area (Å²) in [7, 11) is 0. The Morgan fingerprint density at radius 1 is 1.20 bits per heavy atom. The number of nitrogens with one attached hydrogen (secondary N) is 2. The molecule has 0 unspecified atom stereocenters. The van der Waals surface area contributed by atoms with Crippen molar-refractivity contribution in [3.63, 3.8) is 0 Å². The van der Waals surface area contributed by atoms with Crippen molar-refractivity contribution in [2.24, 2.45) is 22.2 Å². The fourth-order valence-corrected chi connectivity index (χ4v) is 2.71. The molecule has 11 heteroatoms. The third-order valence-corrected chi connectivity index (χ3v) is 4.21. The molecule has 0 aliphatic carbocycles. The molecule has 2 rings (SSSR count). The smallest absolute Gasteiger partial charge is 0.336 e. The van der Waals surface area contributed by atoms with E-state index in [1.54, 1.807) is 25.1 Å². The Labute approximate surface area is 179 Å². The Morgan fingerprint density at radius 3 is 2.53 bits per heavy atom. The monoisotopic (exact) mass is 438 g/mol. The molecule has 164 valence electrons. The molecule has 0 bridgehead atoms. The zero-order valence-electron chi connectivity index (χ0n) is 16.8. The standard InChI is InChI=1S/C19H26N6O4.ClH/c1-10-8-16(26)29-15-9-12(5-6-13(10)15)24-18(28)14(25-17(27)11(2)20)4-3-7-23-19(21)22;/h5-6,8-9,11,14H,3-4,7,20H2,1-2H3,(H,24,28)(H,25,27)(H4,21,22,23);1H/t11-,14-;/m1./s1. The number of hydrogen-bond donors (Lipinski definition) is 5. The average molecular weight is 439 g/mol. The van der Waals surface area contributed by atoms with E-state index in [1.807, 2.05) is 0 Å². The third kappa shape index (κ3) is 7.05. The van der Waals surface area contributed by atoms with Gasteiger partial charge in [0.15, 0.2) is 5.96 Å². The molecule has 0 spiro atoms. The van der Waals surface area contributed by atoms with Crippen molar-refractivity contribution in [1.82, 2.24) is 5.32 Å². The minimum Gasteiger partial charge on any atom is -0.423 e. The van der Waals surface area contributed by atoms with Crippen LogP contribution in [-0.4, -0.2) is 36.4 Å². The molecule has 0 aliphatic heterocycles. The van der Waals surface area contributed by atoms with E-state index in [-0.39, 0.29) is 18.4 Å². The van der Waals surface area contributed by atoms with E-state index in [9.17, 15) is 14.4 Å². The summed E-state index contributed by atoms with van der Waals surface area (Å²) in [5, 5.41) is 6.11. The molecule has 1 aromatic heterocycles. The van der Waals surface area contributed by atoms with Crippen LogP contribution in [0.1, 0.15) is 25.3 Å². The van der Waals surface area contributed by atoms with Crippen LogP contribution in [0.25, 0.3) is 11.0 Å². The molecule has 10 nitrogen and oxygen atoms in total. The van der Waals surface area contributed by atoms with Crippen LogP contribution < -0.4 is 33.5 Å². The average Bonchev–Trinajstić information content (AvgIpc) is 2.63. The highest BCUT2D eigenvalue weighted by atomic mass is 35.5. The van der Waals surface area contributed by atoms with Crippen LogP contribution in [0.4, 0.5) is 5.69 Å². The lowest BCUT2D eigenvalue weighted by atomic mass is 10.1. The fraction of sp³-hybridized carbons (Fsp3) is 0.368. The Balaban J connectivity index is 0.00000450. The van der Waals surface area contributed by atoms with Crippen molar-refractivity contribution in [3.05, 3.63) is 40.2 Å². The predicted octanol–water partition coefficient (Wildman–Crippen LogP) is 0.347. The number of hydrogen-bond acceptors (Lipinski definition) is 6. The van der Waals surface area contributed by atoms with Gasteiger partial charge in [-0.2, -0.15) is 0 Å². The van der Waals surface area contributed by atoms with Crippen molar-refractivity contribution in [3.8, 4) is 0 Å². The molecule has 0 fully saturated rings. The van der Waals surface area contributed by atoms with Crippen LogP contribution >= 0.6 is 12.4 Å². The molecule has 30 heavy (non-hydrogen) atoms. The van der Waals surface area contributed by atoms with Gasteiger partial charge in [-0.25, -0.2) is 4.79 Å². The topological polar surface area (TPSA) is 179 Å². The van der Waals surface area contributed by atoms with E-state index >= 15 is 0 Å². The maximum absolute atomic E-state index is 12.7. The normalized spacial score (nSPS) is 12.4. The van der Waals surface area contributed by atoms with E-state index < -0.39 is 29.5 Å². The number of benzene rings is 1. The van der Waals surface area contributed by atoms with Crippen LogP contribution in [0.5, 0.6) is 0 Å². The number of rotatable bonds is 8. The highest BCUT2D eigenvalue weighted by molar-refractivity contribution is 5.99. The summed E-state index contributed by atoms with van der Waals surface area (Å²) in [6.07, 6.45) is 0.782. The molecule has 1 aromatic carbocycles. The lowest BCUT2D eigenvalue weighted by Crippen LogP contribution is -2.49. The number of fused-ring (bicyclic) bond motifs is 1. The van der Waals surface area contributed by atoms with E-state index in [4.69, 9.17) is 21.6 Å². The Bertz CT molecular complexity index is 985. The lowest BCUT2D eigenvalue weighted by molar-refractivity contribution is -0.127. The maximum Gasteiger partial charge on any atom is 0.336 e. The molecule has 1 heterocycles. The van der Waals surface area contributed by atoms with Crippen molar-refractivity contribution < 1.29 is 14.0 Å². The number of halogens is 1. The number of carbonyl (C=O) groups is 2. The number of guanidine groups is 1. The van der Waals surface area contributed by atoms with Crippen LogP contribution in [0.15, 0.2) is 38.5 Å². The molecule has 8 N–H and O–H groups in total. The van der Waals surface area contributed by atoms with Gasteiger partial charge in [0.25, 0.3) is 0 Å². The molecule has 0 saturated carbocycles. The summed E-state index contributed by atoms with van der Waals surface area (Å²) >= 11 is 0. The van der Waals surface area contributed by atoms with Gasteiger partial charge in [0.05, 0.1) is 6.04 Å². The first-order chi connectivity index (χ1) is 13.7. The minimum absolute atomic E-state index is 0. The first-order valence-corrected chi connectivity index (χ1v) is 9.14. The molecular weight excluding hydrogens is 412 g/mol. The van der Waals surface area contributed by atoms with Gasteiger partial charge in [0.1, 0.15) is 11.6 Å². The third-order valence-electron chi connectivity index (χ3n) is 4.21. The second-order valence-electron chi connectivity index (χ2n) is 6.75.